The lowest BCUT2D eigenvalue weighted by Gasteiger charge is -2.29. The monoisotopic (exact) mass is 589 g/mol. The predicted octanol–water partition coefficient (Wildman–Crippen LogP) is 4.88. The molecule has 1 aliphatic carbocycles. The summed E-state index contributed by atoms with van der Waals surface area (Å²) in [6, 6.07) is 7.74. The minimum absolute atomic E-state index is 0.0406. The summed E-state index contributed by atoms with van der Waals surface area (Å²) >= 11 is 9.90. The van der Waals surface area contributed by atoms with Gasteiger partial charge in [-0.2, -0.15) is 12.6 Å². The Bertz CT molecular complexity index is 1370. The number of carbonyl (C=O) groups excluding carboxylic acids is 4. The number of aromatic nitrogens is 1. The number of halogens is 1. The van der Waals surface area contributed by atoms with E-state index in [1.807, 2.05) is 13.8 Å². The fraction of sp³-hybridized carbons (Fsp3) is 0.370. The molecule has 3 amide bonds. The maximum Gasteiger partial charge on any atom is 0.338 e. The Morgan fingerprint density at radius 2 is 1.77 bits per heavy atom. The van der Waals surface area contributed by atoms with Crippen LogP contribution >= 0.6 is 24.2 Å². The summed E-state index contributed by atoms with van der Waals surface area (Å²) in [7, 11) is 1.23. The first kappa shape index (κ1) is 30.9. The number of hydrogen-bond donors (Lipinski definition) is 4. The number of hydrazine groups is 1. The van der Waals surface area contributed by atoms with E-state index in [1.54, 1.807) is 18.2 Å². The van der Waals surface area contributed by atoms with Gasteiger partial charge >= 0.3 is 5.97 Å². The van der Waals surface area contributed by atoms with Crippen LogP contribution in [-0.4, -0.2) is 46.7 Å². The fourth-order valence-electron chi connectivity index (χ4n) is 4.46. The molecule has 0 saturated heterocycles. The van der Waals surface area contributed by atoms with E-state index in [4.69, 9.17) is 26.6 Å². The van der Waals surface area contributed by atoms with Crippen LogP contribution in [-0.2, 0) is 14.3 Å². The summed E-state index contributed by atoms with van der Waals surface area (Å²) in [4.78, 5) is 55.5. The summed E-state index contributed by atoms with van der Waals surface area (Å²) in [5, 5.41) is 7.09. The summed E-state index contributed by atoms with van der Waals surface area (Å²) in [6.45, 7) is 4.00. The number of anilines is 2. The highest BCUT2D eigenvalue weighted by Gasteiger charge is 2.33. The molecule has 0 bridgehead atoms. The van der Waals surface area contributed by atoms with Crippen LogP contribution in [0.5, 0.6) is 0 Å². The minimum Gasteiger partial charge on any atom is -0.465 e. The van der Waals surface area contributed by atoms with Crippen LogP contribution in [0.4, 0.5) is 11.5 Å². The molecule has 4 N–H and O–H groups in total. The second kappa shape index (κ2) is 14.1. The van der Waals surface area contributed by atoms with Crippen LogP contribution in [0.3, 0.4) is 0 Å². The van der Waals surface area contributed by atoms with Gasteiger partial charge in [0, 0.05) is 18.0 Å². The lowest BCUT2D eigenvalue weighted by molar-refractivity contribution is -0.137. The second-order valence-electron chi connectivity index (χ2n) is 8.78. The van der Waals surface area contributed by atoms with Crippen molar-refractivity contribution in [1.82, 2.24) is 9.99 Å². The number of esters is 1. The third kappa shape index (κ3) is 6.93. The highest BCUT2D eigenvalue weighted by molar-refractivity contribution is 7.80. The molecule has 0 atom stereocenters. The maximum atomic E-state index is 13.3. The Labute approximate surface area is 242 Å². The molecule has 2 aromatic heterocycles. The third-order valence-electron chi connectivity index (χ3n) is 6.43. The molecule has 0 unspecified atom stereocenters. The molecule has 3 aromatic rings. The number of hydrogen-bond acceptors (Lipinski definition) is 9. The number of furan rings is 1. The van der Waals surface area contributed by atoms with Gasteiger partial charge in [0.2, 0.25) is 17.6 Å². The number of nitrogens with one attached hydrogen (secondary N) is 2. The van der Waals surface area contributed by atoms with Crippen molar-refractivity contribution in [1.29, 1.82) is 0 Å². The van der Waals surface area contributed by atoms with Crippen molar-refractivity contribution in [3.63, 3.8) is 0 Å². The SMILES string of the molecule is CC.COC(=O)c1cccc2oc(C(=O)Nc3ccc(Cl)cn3)c(NC(=O)C3CCC(C(=O)N(N)CS)CC3)c12. The van der Waals surface area contributed by atoms with Crippen LogP contribution in [0.2, 0.25) is 5.02 Å². The highest BCUT2D eigenvalue weighted by Crippen LogP contribution is 2.37. The summed E-state index contributed by atoms with van der Waals surface area (Å²) in [6.07, 6.45) is 3.22. The molecule has 13 heteroatoms. The average molecular weight is 590 g/mol. The number of rotatable bonds is 7. The first-order valence-electron chi connectivity index (χ1n) is 12.8. The molecular weight excluding hydrogens is 558 g/mol. The maximum absolute atomic E-state index is 13.3. The number of ether oxygens (including phenoxy) is 1. The van der Waals surface area contributed by atoms with Gasteiger partial charge in [0.15, 0.2) is 0 Å². The number of nitrogens with two attached hydrogens (primary N) is 1. The highest BCUT2D eigenvalue weighted by atomic mass is 35.5. The van der Waals surface area contributed by atoms with Gasteiger partial charge in [0.05, 0.1) is 29.0 Å². The molecule has 11 nitrogen and oxygen atoms in total. The van der Waals surface area contributed by atoms with Gasteiger partial charge in [-0.25, -0.2) is 15.6 Å². The molecular formula is C27H32ClN5O6S. The Kier molecular flexibility index (Phi) is 10.9. The Morgan fingerprint density at radius 3 is 2.38 bits per heavy atom. The van der Waals surface area contributed by atoms with E-state index < -0.39 is 17.8 Å². The molecule has 2 heterocycles. The van der Waals surface area contributed by atoms with E-state index in [0.29, 0.717) is 30.7 Å². The van der Waals surface area contributed by atoms with Crippen molar-refractivity contribution >= 4 is 70.4 Å². The first-order valence-corrected chi connectivity index (χ1v) is 13.8. The molecule has 0 spiro atoms. The quantitative estimate of drug-likeness (QED) is 0.0758. The molecule has 1 aliphatic rings. The molecule has 1 fully saturated rings. The first-order chi connectivity index (χ1) is 19.2. The molecule has 1 aromatic carbocycles. The van der Waals surface area contributed by atoms with Gasteiger partial charge < -0.3 is 19.8 Å². The average Bonchev–Trinajstić information content (AvgIpc) is 3.36. The van der Waals surface area contributed by atoms with E-state index >= 15 is 0 Å². The summed E-state index contributed by atoms with van der Waals surface area (Å²) < 4.78 is 10.7. The standard InChI is InChI=1S/C25H26ClN5O6S.C2H6/c1-36-25(35)16-3-2-4-17-19(16)20(21(37-17)23(33)29-18-10-9-15(26)11-28-18)30-22(32)13-5-7-14(8-6-13)24(34)31(27)12-38;1-2/h2-4,9-11,13-14,38H,5-8,12,27H2,1H3,(H,30,32)(H,28,29,33);1-2H3. The van der Waals surface area contributed by atoms with E-state index in [0.717, 1.165) is 5.01 Å². The number of benzene rings is 1. The largest absolute Gasteiger partial charge is 0.465 e. The zero-order valence-electron chi connectivity index (χ0n) is 22.4. The number of amides is 3. The number of thiol groups is 1. The lowest BCUT2D eigenvalue weighted by atomic mass is 9.81. The number of pyridine rings is 1. The molecule has 1 saturated carbocycles. The van der Waals surface area contributed by atoms with Gasteiger partial charge in [-0.15, -0.1) is 0 Å². The Hall–Kier alpha value is -3.61. The van der Waals surface area contributed by atoms with Crippen molar-refractivity contribution in [2.24, 2.45) is 17.7 Å². The predicted molar refractivity (Wildman–Crippen MR) is 155 cm³/mol. The van der Waals surface area contributed by atoms with E-state index in [2.05, 4.69) is 28.2 Å². The smallest absolute Gasteiger partial charge is 0.338 e. The normalized spacial score (nSPS) is 16.4. The van der Waals surface area contributed by atoms with Crippen LogP contribution < -0.4 is 16.5 Å². The van der Waals surface area contributed by atoms with Crippen molar-refractivity contribution in [2.45, 2.75) is 39.5 Å². The second-order valence-corrected chi connectivity index (χ2v) is 9.50. The molecule has 0 radical (unpaired) electrons. The summed E-state index contributed by atoms with van der Waals surface area (Å²) in [5.41, 5.74) is 0.372. The molecule has 0 aliphatic heterocycles. The third-order valence-corrected chi connectivity index (χ3v) is 6.95. The van der Waals surface area contributed by atoms with Crippen molar-refractivity contribution in [3.05, 3.63) is 52.9 Å². The molecule has 4 rings (SSSR count). The number of carbonyl (C=O) groups is 4. The van der Waals surface area contributed by atoms with Crippen LogP contribution in [0.1, 0.15) is 60.4 Å². The van der Waals surface area contributed by atoms with Gasteiger partial charge in [-0.05, 0) is 49.9 Å². The number of methoxy groups -OCH3 is 1. The van der Waals surface area contributed by atoms with Gasteiger partial charge in [-0.1, -0.05) is 31.5 Å². The van der Waals surface area contributed by atoms with Gasteiger partial charge in [0.1, 0.15) is 17.1 Å². The van der Waals surface area contributed by atoms with Gasteiger partial charge in [-0.3, -0.25) is 19.4 Å². The summed E-state index contributed by atoms with van der Waals surface area (Å²) in [5.74, 6) is 3.14. The minimum atomic E-state index is -0.689. The Morgan fingerprint density at radius 1 is 1.10 bits per heavy atom. The van der Waals surface area contributed by atoms with Crippen molar-refractivity contribution in [2.75, 3.05) is 23.6 Å². The van der Waals surface area contributed by atoms with Crippen LogP contribution in [0.25, 0.3) is 11.0 Å². The fourth-order valence-corrected chi connectivity index (χ4v) is 4.71. The molecule has 214 valence electrons. The van der Waals surface area contributed by atoms with Crippen LogP contribution in [0.15, 0.2) is 40.9 Å². The zero-order valence-corrected chi connectivity index (χ0v) is 24.1. The van der Waals surface area contributed by atoms with Crippen LogP contribution in [0, 0.1) is 11.8 Å². The zero-order chi connectivity index (χ0) is 29.4. The lowest BCUT2D eigenvalue weighted by Crippen LogP contribution is -2.42. The van der Waals surface area contributed by atoms with Gasteiger partial charge in [0.25, 0.3) is 5.91 Å². The number of nitrogens with zero attached hydrogens (tertiary/aromatic N) is 2. The van der Waals surface area contributed by atoms with E-state index in [-0.39, 0.29) is 57.4 Å². The van der Waals surface area contributed by atoms with E-state index in [1.165, 1.54) is 25.4 Å². The van der Waals surface area contributed by atoms with Crippen molar-refractivity contribution < 1.29 is 28.3 Å². The Balaban J connectivity index is 0.00000216. The topological polar surface area (TPSA) is 157 Å². The number of fused-ring (bicyclic) bond motifs is 1. The van der Waals surface area contributed by atoms with Crippen molar-refractivity contribution in [3.8, 4) is 0 Å². The van der Waals surface area contributed by atoms with E-state index in [9.17, 15) is 19.2 Å². The molecule has 40 heavy (non-hydrogen) atoms.